The Bertz CT molecular complexity index is 183. The standard InChI is InChI=1S/C11H20O4/c1-4-13-10(12)8-7-9-11(14-5-2)15-6-3/h7-8,11H,4-6,9H2,1-3H3. The van der Waals surface area contributed by atoms with E-state index in [1.165, 1.54) is 6.08 Å². The summed E-state index contributed by atoms with van der Waals surface area (Å²) in [4.78, 5) is 10.9. The van der Waals surface area contributed by atoms with Crippen LogP contribution in [0.5, 0.6) is 0 Å². The molecule has 0 bridgehead atoms. The van der Waals surface area contributed by atoms with Crippen molar-refractivity contribution in [2.45, 2.75) is 33.5 Å². The van der Waals surface area contributed by atoms with Gasteiger partial charge < -0.3 is 14.2 Å². The molecule has 0 atom stereocenters. The summed E-state index contributed by atoms with van der Waals surface area (Å²) >= 11 is 0. The van der Waals surface area contributed by atoms with Crippen molar-refractivity contribution in [1.82, 2.24) is 0 Å². The van der Waals surface area contributed by atoms with E-state index in [0.29, 0.717) is 26.2 Å². The van der Waals surface area contributed by atoms with Gasteiger partial charge in [0.2, 0.25) is 0 Å². The summed E-state index contributed by atoms with van der Waals surface area (Å²) in [5, 5.41) is 0. The Kier molecular flexibility index (Phi) is 9.11. The molecule has 0 saturated heterocycles. The molecular formula is C11H20O4. The molecule has 4 nitrogen and oxygen atoms in total. The Morgan fingerprint density at radius 1 is 1.13 bits per heavy atom. The van der Waals surface area contributed by atoms with Gasteiger partial charge in [-0.25, -0.2) is 4.79 Å². The molecule has 0 aliphatic rings. The highest BCUT2D eigenvalue weighted by Crippen LogP contribution is 2.02. The van der Waals surface area contributed by atoms with E-state index in [9.17, 15) is 4.79 Å². The summed E-state index contributed by atoms with van der Waals surface area (Å²) in [6.45, 7) is 7.16. The van der Waals surface area contributed by atoms with Crippen LogP contribution < -0.4 is 0 Å². The molecule has 0 rings (SSSR count). The Morgan fingerprint density at radius 3 is 2.20 bits per heavy atom. The molecule has 0 heterocycles. The number of rotatable bonds is 8. The fourth-order valence-electron chi connectivity index (χ4n) is 1.02. The van der Waals surface area contributed by atoms with Gasteiger partial charge >= 0.3 is 5.97 Å². The van der Waals surface area contributed by atoms with Crippen LogP contribution in [0, 0.1) is 0 Å². The molecule has 15 heavy (non-hydrogen) atoms. The van der Waals surface area contributed by atoms with Crippen LogP contribution in [0.15, 0.2) is 12.2 Å². The van der Waals surface area contributed by atoms with Crippen molar-refractivity contribution in [3.63, 3.8) is 0 Å². The fraction of sp³-hybridized carbons (Fsp3) is 0.727. The largest absolute Gasteiger partial charge is 0.463 e. The molecule has 0 unspecified atom stereocenters. The molecule has 0 N–H and O–H groups in total. The Hall–Kier alpha value is -0.870. The Balaban J connectivity index is 3.81. The summed E-state index contributed by atoms with van der Waals surface area (Å²) < 4.78 is 15.3. The van der Waals surface area contributed by atoms with Crippen LogP contribution in [-0.2, 0) is 19.0 Å². The number of ether oxygens (including phenoxy) is 3. The van der Waals surface area contributed by atoms with E-state index in [-0.39, 0.29) is 12.3 Å². The minimum Gasteiger partial charge on any atom is -0.463 e. The van der Waals surface area contributed by atoms with Crippen molar-refractivity contribution in [2.75, 3.05) is 19.8 Å². The fourth-order valence-corrected chi connectivity index (χ4v) is 1.02. The number of esters is 1. The molecule has 0 amide bonds. The summed E-state index contributed by atoms with van der Waals surface area (Å²) in [5.74, 6) is -0.329. The number of carbonyl (C=O) groups is 1. The van der Waals surface area contributed by atoms with E-state index in [4.69, 9.17) is 14.2 Å². The van der Waals surface area contributed by atoms with Crippen LogP contribution in [0.25, 0.3) is 0 Å². The highest BCUT2D eigenvalue weighted by molar-refractivity contribution is 5.81. The number of carbonyl (C=O) groups excluding carboxylic acids is 1. The average Bonchev–Trinajstić information content (AvgIpc) is 2.19. The predicted octanol–water partition coefficient (Wildman–Crippen LogP) is 1.89. The first-order chi connectivity index (χ1) is 7.24. The monoisotopic (exact) mass is 216 g/mol. The van der Waals surface area contributed by atoms with Gasteiger partial charge in [-0.15, -0.1) is 0 Å². The second kappa shape index (κ2) is 9.68. The second-order valence-electron chi connectivity index (χ2n) is 2.73. The normalized spacial score (nSPS) is 11.2. The summed E-state index contributed by atoms with van der Waals surface area (Å²) in [6.07, 6.45) is 3.38. The molecule has 88 valence electrons. The first kappa shape index (κ1) is 14.1. The van der Waals surface area contributed by atoms with Crippen molar-refractivity contribution in [3.05, 3.63) is 12.2 Å². The summed E-state index contributed by atoms with van der Waals surface area (Å²) in [6, 6.07) is 0. The van der Waals surface area contributed by atoms with Crippen LogP contribution >= 0.6 is 0 Å². The summed E-state index contributed by atoms with van der Waals surface area (Å²) in [5.41, 5.74) is 0. The van der Waals surface area contributed by atoms with E-state index in [1.807, 2.05) is 13.8 Å². The van der Waals surface area contributed by atoms with E-state index in [2.05, 4.69) is 0 Å². The third-order valence-electron chi connectivity index (χ3n) is 1.57. The van der Waals surface area contributed by atoms with Crippen LogP contribution in [-0.4, -0.2) is 32.1 Å². The van der Waals surface area contributed by atoms with Gasteiger partial charge in [-0.2, -0.15) is 0 Å². The first-order valence-electron chi connectivity index (χ1n) is 5.31. The lowest BCUT2D eigenvalue weighted by molar-refractivity contribution is -0.137. The van der Waals surface area contributed by atoms with Crippen LogP contribution in [0.1, 0.15) is 27.2 Å². The van der Waals surface area contributed by atoms with Gasteiger partial charge in [0, 0.05) is 25.7 Å². The topological polar surface area (TPSA) is 44.8 Å². The zero-order chi connectivity index (χ0) is 11.5. The van der Waals surface area contributed by atoms with Gasteiger partial charge in [0.25, 0.3) is 0 Å². The van der Waals surface area contributed by atoms with E-state index < -0.39 is 0 Å². The van der Waals surface area contributed by atoms with Gasteiger partial charge in [0.15, 0.2) is 6.29 Å². The second-order valence-corrected chi connectivity index (χ2v) is 2.73. The lowest BCUT2D eigenvalue weighted by Crippen LogP contribution is -2.16. The van der Waals surface area contributed by atoms with Crippen LogP contribution in [0.3, 0.4) is 0 Å². The third kappa shape index (κ3) is 8.15. The SMILES string of the molecule is CCOC(=O)C=CCC(OCC)OCC. The Morgan fingerprint density at radius 2 is 1.73 bits per heavy atom. The molecule has 0 fully saturated rings. The van der Waals surface area contributed by atoms with E-state index in [0.717, 1.165) is 0 Å². The lowest BCUT2D eigenvalue weighted by atomic mass is 10.3. The smallest absolute Gasteiger partial charge is 0.330 e. The average molecular weight is 216 g/mol. The molecule has 0 spiro atoms. The maximum Gasteiger partial charge on any atom is 0.330 e. The maximum atomic E-state index is 10.9. The van der Waals surface area contributed by atoms with Crippen LogP contribution in [0.4, 0.5) is 0 Å². The van der Waals surface area contributed by atoms with Crippen molar-refractivity contribution in [2.24, 2.45) is 0 Å². The molecule has 0 aliphatic carbocycles. The molecule has 0 aromatic carbocycles. The molecule has 4 heteroatoms. The zero-order valence-corrected chi connectivity index (χ0v) is 9.69. The highest BCUT2D eigenvalue weighted by atomic mass is 16.7. The van der Waals surface area contributed by atoms with Crippen molar-refractivity contribution in [1.29, 1.82) is 0 Å². The van der Waals surface area contributed by atoms with Gasteiger partial charge in [-0.1, -0.05) is 6.08 Å². The molecule has 0 aromatic heterocycles. The van der Waals surface area contributed by atoms with E-state index >= 15 is 0 Å². The van der Waals surface area contributed by atoms with Gasteiger partial charge in [0.1, 0.15) is 0 Å². The van der Waals surface area contributed by atoms with Gasteiger partial charge in [-0.05, 0) is 20.8 Å². The quantitative estimate of drug-likeness (QED) is 0.353. The molecule has 0 aromatic rings. The van der Waals surface area contributed by atoms with Gasteiger partial charge in [0.05, 0.1) is 6.61 Å². The Labute approximate surface area is 91.2 Å². The third-order valence-corrected chi connectivity index (χ3v) is 1.57. The summed E-state index contributed by atoms with van der Waals surface area (Å²) in [7, 11) is 0. The zero-order valence-electron chi connectivity index (χ0n) is 9.69. The minimum absolute atomic E-state index is 0.273. The van der Waals surface area contributed by atoms with E-state index in [1.54, 1.807) is 13.0 Å². The first-order valence-corrected chi connectivity index (χ1v) is 5.31. The van der Waals surface area contributed by atoms with Crippen molar-refractivity contribution < 1.29 is 19.0 Å². The van der Waals surface area contributed by atoms with Crippen molar-refractivity contribution >= 4 is 5.97 Å². The van der Waals surface area contributed by atoms with Crippen molar-refractivity contribution in [3.8, 4) is 0 Å². The molecule has 0 aliphatic heterocycles. The highest BCUT2D eigenvalue weighted by Gasteiger charge is 2.05. The predicted molar refractivity (Wildman–Crippen MR) is 57.4 cm³/mol. The molecule has 0 radical (unpaired) electrons. The number of hydrogen-bond donors (Lipinski definition) is 0. The molecular weight excluding hydrogens is 196 g/mol. The maximum absolute atomic E-state index is 10.9. The van der Waals surface area contributed by atoms with Crippen LogP contribution in [0.2, 0.25) is 0 Å². The lowest BCUT2D eigenvalue weighted by Gasteiger charge is -2.14. The molecule has 0 saturated carbocycles. The van der Waals surface area contributed by atoms with Gasteiger partial charge in [-0.3, -0.25) is 0 Å². The number of hydrogen-bond acceptors (Lipinski definition) is 4. The minimum atomic E-state index is -0.329.